The van der Waals surface area contributed by atoms with E-state index in [9.17, 15) is 9.59 Å². The summed E-state index contributed by atoms with van der Waals surface area (Å²) in [5.74, 6) is -0.0479. The van der Waals surface area contributed by atoms with Crippen LogP contribution in [0.15, 0.2) is 41.1 Å². The number of carboxylic acids is 1. The largest absolute Gasteiger partial charge is 0.478 e. The highest BCUT2D eigenvalue weighted by atomic mass is 32.2. The summed E-state index contributed by atoms with van der Waals surface area (Å²) in [4.78, 5) is 24.4. The van der Waals surface area contributed by atoms with Gasteiger partial charge in [-0.1, -0.05) is 30.3 Å². The number of thioether (sulfide) groups is 1. The van der Waals surface area contributed by atoms with Crippen LogP contribution in [-0.2, 0) is 11.2 Å². The van der Waals surface area contributed by atoms with Gasteiger partial charge in [0, 0.05) is 27.8 Å². The smallest absolute Gasteiger partial charge is 0.338 e. The lowest BCUT2D eigenvalue weighted by molar-refractivity contribution is -0.116. The zero-order chi connectivity index (χ0) is 16.9. The molecular weight excluding hydrogens is 342 g/mol. The van der Waals surface area contributed by atoms with Crippen LogP contribution in [0.2, 0.25) is 0 Å². The van der Waals surface area contributed by atoms with Crippen molar-refractivity contribution in [3.05, 3.63) is 57.8 Å². The Morgan fingerprint density at radius 3 is 2.62 bits per heavy atom. The molecule has 0 aliphatic carbocycles. The molecule has 1 amide bonds. The monoisotopic (exact) mass is 359 g/mol. The first-order chi connectivity index (χ1) is 11.6. The topological polar surface area (TPSA) is 66.4 Å². The van der Waals surface area contributed by atoms with Crippen LogP contribution < -0.4 is 5.32 Å². The van der Waals surface area contributed by atoms with Crippen molar-refractivity contribution in [3.8, 4) is 0 Å². The third-order valence-electron chi connectivity index (χ3n) is 3.75. The molecule has 1 aromatic carbocycles. The molecule has 0 saturated heterocycles. The molecule has 0 unspecified atom stereocenters. The summed E-state index contributed by atoms with van der Waals surface area (Å²) >= 11 is 3.14. The van der Waals surface area contributed by atoms with Crippen molar-refractivity contribution in [1.82, 2.24) is 0 Å². The minimum absolute atomic E-state index is 0.139. The van der Waals surface area contributed by atoms with Crippen LogP contribution in [0.1, 0.15) is 34.3 Å². The Morgan fingerprint density at radius 2 is 1.96 bits per heavy atom. The van der Waals surface area contributed by atoms with Crippen LogP contribution in [0.5, 0.6) is 0 Å². The first-order valence-corrected chi connectivity index (χ1v) is 9.58. The second-order valence-corrected chi connectivity index (χ2v) is 7.34. The van der Waals surface area contributed by atoms with Gasteiger partial charge in [-0.25, -0.2) is 4.79 Å². The maximum absolute atomic E-state index is 12.0. The fourth-order valence-electron chi connectivity index (χ4n) is 2.48. The first-order valence-electron chi connectivity index (χ1n) is 7.65. The number of thiophene rings is 1. The van der Waals surface area contributed by atoms with Crippen molar-refractivity contribution < 1.29 is 14.7 Å². The molecular formula is C18H17NO3S2. The van der Waals surface area contributed by atoms with E-state index in [1.165, 1.54) is 27.2 Å². The predicted octanol–water partition coefficient (Wildman–Crippen LogP) is 4.50. The van der Waals surface area contributed by atoms with Gasteiger partial charge in [0.1, 0.15) is 0 Å². The number of carbonyl (C=O) groups excluding carboxylic acids is 1. The molecule has 3 rings (SSSR count). The van der Waals surface area contributed by atoms with Crippen molar-refractivity contribution in [2.45, 2.75) is 19.3 Å². The highest BCUT2D eigenvalue weighted by Crippen LogP contribution is 2.33. The van der Waals surface area contributed by atoms with Crippen molar-refractivity contribution in [3.63, 3.8) is 0 Å². The average Bonchev–Trinajstić information content (AvgIpc) is 3.25. The van der Waals surface area contributed by atoms with Gasteiger partial charge in [0.25, 0.3) is 0 Å². The van der Waals surface area contributed by atoms with E-state index in [0.717, 1.165) is 17.7 Å². The van der Waals surface area contributed by atoms with Gasteiger partial charge in [-0.05, 0) is 24.0 Å². The Bertz CT molecular complexity index is 778. The third kappa shape index (κ3) is 4.07. The number of carboxylic acid groups (broad SMARTS) is 1. The Labute approximate surface area is 148 Å². The molecule has 0 atom stereocenters. The number of aryl methyl sites for hydroxylation is 1. The molecule has 2 N–H and O–H groups in total. The Balaban J connectivity index is 1.54. The molecule has 124 valence electrons. The van der Waals surface area contributed by atoms with E-state index in [1.807, 2.05) is 11.8 Å². The van der Waals surface area contributed by atoms with Crippen LogP contribution in [-0.4, -0.2) is 22.7 Å². The van der Waals surface area contributed by atoms with Crippen molar-refractivity contribution in [2.75, 3.05) is 11.1 Å². The number of anilines is 1. The quantitative estimate of drug-likeness (QED) is 0.797. The van der Waals surface area contributed by atoms with E-state index >= 15 is 0 Å². The molecule has 2 heterocycles. The van der Waals surface area contributed by atoms with Crippen molar-refractivity contribution in [2.24, 2.45) is 0 Å². The predicted molar refractivity (Wildman–Crippen MR) is 99.7 cm³/mol. The second kappa shape index (κ2) is 7.68. The van der Waals surface area contributed by atoms with E-state index in [-0.39, 0.29) is 11.5 Å². The van der Waals surface area contributed by atoms with Crippen molar-refractivity contribution in [1.29, 1.82) is 0 Å². The Hall–Kier alpha value is -2.05. The van der Waals surface area contributed by atoms with Gasteiger partial charge in [-0.15, -0.1) is 23.1 Å². The van der Waals surface area contributed by atoms with Gasteiger partial charge < -0.3 is 10.4 Å². The summed E-state index contributed by atoms with van der Waals surface area (Å²) < 4.78 is 0. The third-order valence-corrected chi connectivity index (χ3v) is 5.65. The Morgan fingerprint density at radius 1 is 1.17 bits per heavy atom. The number of hydrogen-bond donors (Lipinski definition) is 2. The lowest BCUT2D eigenvalue weighted by atomic mass is 10.1. The number of nitrogens with one attached hydrogen (secondary N) is 1. The Kier molecular flexibility index (Phi) is 5.37. The second-order valence-electron chi connectivity index (χ2n) is 5.45. The van der Waals surface area contributed by atoms with Gasteiger partial charge >= 0.3 is 5.97 Å². The summed E-state index contributed by atoms with van der Waals surface area (Å²) in [6.07, 6.45) is 4.34. The van der Waals surface area contributed by atoms with E-state index in [4.69, 9.17) is 5.11 Å². The van der Waals surface area contributed by atoms with Gasteiger partial charge in [-0.2, -0.15) is 0 Å². The molecule has 0 saturated carbocycles. The van der Waals surface area contributed by atoms with Gasteiger partial charge in [0.2, 0.25) is 5.91 Å². The molecule has 4 nitrogen and oxygen atoms in total. The molecule has 1 aromatic heterocycles. The van der Waals surface area contributed by atoms with Crippen molar-refractivity contribution >= 4 is 45.6 Å². The fourth-order valence-corrected chi connectivity index (χ4v) is 4.23. The molecule has 2 aromatic rings. The van der Waals surface area contributed by atoms with Crippen LogP contribution in [0, 0.1) is 0 Å². The molecule has 24 heavy (non-hydrogen) atoms. The summed E-state index contributed by atoms with van der Waals surface area (Å²) in [6.45, 7) is 0. The standard InChI is InChI=1S/C18H17NO3S2/c20-17(19-15-11-23-10-14(15)18(21)22)8-5-12-3-6-13(7-4-12)16-2-1-9-24-16/h2-4,6-7,10-11H,1,5,8-9H2,(H,19,20)(H,21,22). The number of rotatable bonds is 6. The van der Waals surface area contributed by atoms with E-state index in [2.05, 4.69) is 35.7 Å². The number of hydrogen-bond acceptors (Lipinski definition) is 4. The van der Waals surface area contributed by atoms with E-state index in [1.54, 1.807) is 5.38 Å². The van der Waals surface area contributed by atoms with Crippen LogP contribution >= 0.6 is 23.1 Å². The lowest BCUT2D eigenvalue weighted by Gasteiger charge is -2.06. The molecule has 1 aliphatic rings. The molecule has 1 aliphatic heterocycles. The van der Waals surface area contributed by atoms with E-state index < -0.39 is 5.97 Å². The van der Waals surface area contributed by atoms with Crippen LogP contribution in [0.25, 0.3) is 4.91 Å². The number of amides is 1. The normalized spacial score (nSPS) is 13.6. The molecule has 6 heteroatoms. The fraction of sp³-hybridized carbons (Fsp3) is 0.222. The summed E-state index contributed by atoms with van der Waals surface area (Å²) in [5.41, 5.74) is 2.84. The zero-order valence-corrected chi connectivity index (χ0v) is 14.6. The zero-order valence-electron chi connectivity index (χ0n) is 13.0. The summed E-state index contributed by atoms with van der Waals surface area (Å²) in [5, 5.41) is 14.9. The average molecular weight is 359 g/mol. The number of allylic oxidation sites excluding steroid dienone is 1. The molecule has 0 spiro atoms. The maximum Gasteiger partial charge on any atom is 0.338 e. The molecule has 0 radical (unpaired) electrons. The SMILES string of the molecule is O=C(CCc1ccc(C2=CCCS2)cc1)Nc1cscc1C(=O)O. The van der Waals surface area contributed by atoms with E-state index in [0.29, 0.717) is 18.5 Å². The van der Waals surface area contributed by atoms with Crippen LogP contribution in [0.3, 0.4) is 0 Å². The highest BCUT2D eigenvalue weighted by Gasteiger charge is 2.13. The number of aromatic carboxylic acids is 1. The molecule has 0 bridgehead atoms. The minimum Gasteiger partial charge on any atom is -0.478 e. The lowest BCUT2D eigenvalue weighted by Crippen LogP contribution is -2.14. The number of benzene rings is 1. The molecule has 0 fully saturated rings. The first kappa shape index (κ1) is 16.8. The van der Waals surface area contributed by atoms with Gasteiger partial charge in [-0.3, -0.25) is 4.79 Å². The van der Waals surface area contributed by atoms with Crippen LogP contribution in [0.4, 0.5) is 5.69 Å². The maximum atomic E-state index is 12.0. The summed E-state index contributed by atoms with van der Waals surface area (Å²) in [6, 6.07) is 8.29. The van der Waals surface area contributed by atoms with Gasteiger partial charge in [0.05, 0.1) is 11.3 Å². The highest BCUT2D eigenvalue weighted by molar-refractivity contribution is 8.08. The number of carbonyl (C=O) groups is 2. The summed E-state index contributed by atoms with van der Waals surface area (Å²) in [7, 11) is 0. The minimum atomic E-state index is -1.03. The van der Waals surface area contributed by atoms with Gasteiger partial charge in [0.15, 0.2) is 0 Å².